The Kier molecular flexibility index (Phi) is 3.90. The highest BCUT2D eigenvalue weighted by Gasteiger charge is 2.13. The SMILES string of the molecule is COc1ccc2oc(C(=O)Nc3ccc(Br)c(C)c3)cc2c1. The number of benzene rings is 2. The quantitative estimate of drug-likeness (QED) is 0.732. The summed E-state index contributed by atoms with van der Waals surface area (Å²) >= 11 is 3.43. The smallest absolute Gasteiger partial charge is 0.291 e. The van der Waals surface area contributed by atoms with E-state index in [1.807, 2.05) is 31.2 Å². The summed E-state index contributed by atoms with van der Waals surface area (Å²) in [5, 5.41) is 3.66. The molecule has 3 aromatic rings. The zero-order valence-corrected chi connectivity index (χ0v) is 13.7. The molecule has 4 nitrogen and oxygen atoms in total. The minimum atomic E-state index is -0.281. The highest BCUT2D eigenvalue weighted by Crippen LogP contribution is 2.25. The highest BCUT2D eigenvalue weighted by atomic mass is 79.9. The maximum absolute atomic E-state index is 12.3. The molecule has 0 radical (unpaired) electrons. The van der Waals surface area contributed by atoms with Gasteiger partial charge in [0.25, 0.3) is 5.91 Å². The number of aryl methyl sites for hydroxylation is 1. The molecule has 0 atom stereocenters. The molecule has 1 N–H and O–H groups in total. The van der Waals surface area contributed by atoms with Crippen molar-refractivity contribution in [3.8, 4) is 5.75 Å². The van der Waals surface area contributed by atoms with Crippen LogP contribution in [-0.2, 0) is 0 Å². The molecule has 1 heterocycles. The largest absolute Gasteiger partial charge is 0.497 e. The van der Waals surface area contributed by atoms with Crippen LogP contribution in [0.1, 0.15) is 16.1 Å². The van der Waals surface area contributed by atoms with Gasteiger partial charge in [-0.1, -0.05) is 15.9 Å². The van der Waals surface area contributed by atoms with Crippen LogP contribution in [0.4, 0.5) is 5.69 Å². The van der Waals surface area contributed by atoms with Crippen LogP contribution in [0.5, 0.6) is 5.75 Å². The van der Waals surface area contributed by atoms with Crippen molar-refractivity contribution in [3.05, 3.63) is 58.3 Å². The van der Waals surface area contributed by atoms with Crippen molar-refractivity contribution < 1.29 is 13.9 Å². The van der Waals surface area contributed by atoms with E-state index in [0.717, 1.165) is 26.9 Å². The first-order chi connectivity index (χ1) is 10.6. The minimum absolute atomic E-state index is 0.267. The number of nitrogens with one attached hydrogen (secondary N) is 1. The minimum Gasteiger partial charge on any atom is -0.497 e. The maximum Gasteiger partial charge on any atom is 0.291 e. The normalized spacial score (nSPS) is 10.7. The van der Waals surface area contributed by atoms with E-state index in [1.54, 1.807) is 25.3 Å². The fourth-order valence-electron chi connectivity index (χ4n) is 2.18. The summed E-state index contributed by atoms with van der Waals surface area (Å²) < 4.78 is 11.7. The summed E-state index contributed by atoms with van der Waals surface area (Å²) in [7, 11) is 1.60. The first-order valence-corrected chi connectivity index (χ1v) is 7.51. The van der Waals surface area contributed by atoms with Crippen molar-refractivity contribution in [2.45, 2.75) is 6.92 Å². The van der Waals surface area contributed by atoms with Crippen LogP contribution in [0, 0.1) is 6.92 Å². The van der Waals surface area contributed by atoms with Gasteiger partial charge >= 0.3 is 0 Å². The van der Waals surface area contributed by atoms with Crippen LogP contribution in [0.2, 0.25) is 0 Å². The number of hydrogen-bond acceptors (Lipinski definition) is 3. The number of rotatable bonds is 3. The van der Waals surface area contributed by atoms with E-state index in [1.165, 1.54) is 0 Å². The van der Waals surface area contributed by atoms with E-state index in [2.05, 4.69) is 21.2 Å². The predicted octanol–water partition coefficient (Wildman–Crippen LogP) is 4.76. The van der Waals surface area contributed by atoms with E-state index in [0.29, 0.717) is 5.58 Å². The molecule has 0 aliphatic carbocycles. The standard InChI is InChI=1S/C17H14BrNO3/c1-10-7-12(3-5-14(10)18)19-17(20)16-9-11-8-13(21-2)4-6-15(11)22-16/h3-9H,1-2H3,(H,19,20). The number of amides is 1. The molecule has 0 aliphatic heterocycles. The molecule has 112 valence electrons. The lowest BCUT2D eigenvalue weighted by molar-refractivity contribution is 0.0998. The molecule has 0 saturated heterocycles. The van der Waals surface area contributed by atoms with E-state index < -0.39 is 0 Å². The zero-order chi connectivity index (χ0) is 15.7. The summed E-state index contributed by atoms with van der Waals surface area (Å²) in [6.45, 7) is 1.97. The van der Waals surface area contributed by atoms with E-state index in [9.17, 15) is 4.79 Å². The molecule has 1 aromatic heterocycles. The number of halogens is 1. The van der Waals surface area contributed by atoms with Crippen molar-refractivity contribution in [3.63, 3.8) is 0 Å². The first-order valence-electron chi connectivity index (χ1n) is 6.72. The second kappa shape index (κ2) is 5.85. The molecule has 0 spiro atoms. The number of ether oxygens (including phenoxy) is 1. The molecular weight excluding hydrogens is 346 g/mol. The van der Waals surface area contributed by atoms with Crippen LogP contribution in [0.15, 0.2) is 51.4 Å². The van der Waals surface area contributed by atoms with Gasteiger partial charge in [-0.3, -0.25) is 4.79 Å². The lowest BCUT2D eigenvalue weighted by Crippen LogP contribution is -2.10. The Morgan fingerprint density at radius 3 is 2.73 bits per heavy atom. The molecule has 0 fully saturated rings. The predicted molar refractivity (Wildman–Crippen MR) is 89.6 cm³/mol. The fourth-order valence-corrected chi connectivity index (χ4v) is 2.42. The Morgan fingerprint density at radius 2 is 2.00 bits per heavy atom. The molecule has 0 saturated carbocycles. The summed E-state index contributed by atoms with van der Waals surface area (Å²) in [6.07, 6.45) is 0. The Bertz CT molecular complexity index is 854. The number of carbonyl (C=O) groups is 1. The molecule has 2 aromatic carbocycles. The van der Waals surface area contributed by atoms with Gasteiger partial charge in [0.05, 0.1) is 7.11 Å². The second-order valence-electron chi connectivity index (χ2n) is 4.93. The van der Waals surface area contributed by atoms with Crippen LogP contribution in [-0.4, -0.2) is 13.0 Å². The average molecular weight is 360 g/mol. The molecular formula is C17H14BrNO3. The van der Waals surface area contributed by atoms with Gasteiger partial charge in [-0.05, 0) is 55.0 Å². The van der Waals surface area contributed by atoms with Crippen molar-refractivity contribution in [2.75, 3.05) is 12.4 Å². The Balaban J connectivity index is 1.86. The number of fused-ring (bicyclic) bond motifs is 1. The van der Waals surface area contributed by atoms with Crippen LogP contribution in [0.3, 0.4) is 0 Å². The number of methoxy groups -OCH3 is 1. The fraction of sp³-hybridized carbons (Fsp3) is 0.118. The third kappa shape index (κ3) is 2.85. The van der Waals surface area contributed by atoms with E-state index in [4.69, 9.17) is 9.15 Å². The molecule has 22 heavy (non-hydrogen) atoms. The molecule has 0 unspecified atom stereocenters. The van der Waals surface area contributed by atoms with Gasteiger partial charge in [-0.2, -0.15) is 0 Å². The Hall–Kier alpha value is -2.27. The van der Waals surface area contributed by atoms with Gasteiger partial charge in [-0.25, -0.2) is 0 Å². The third-order valence-electron chi connectivity index (χ3n) is 3.36. The molecule has 5 heteroatoms. The Morgan fingerprint density at radius 1 is 1.18 bits per heavy atom. The number of carbonyl (C=O) groups excluding carboxylic acids is 1. The topological polar surface area (TPSA) is 51.5 Å². The number of anilines is 1. The van der Waals surface area contributed by atoms with Gasteiger partial charge in [0.2, 0.25) is 0 Å². The van der Waals surface area contributed by atoms with Crippen molar-refractivity contribution in [1.29, 1.82) is 0 Å². The monoisotopic (exact) mass is 359 g/mol. The van der Waals surface area contributed by atoms with E-state index >= 15 is 0 Å². The number of hydrogen-bond donors (Lipinski definition) is 1. The van der Waals surface area contributed by atoms with Gasteiger partial charge in [0.1, 0.15) is 11.3 Å². The highest BCUT2D eigenvalue weighted by molar-refractivity contribution is 9.10. The first kappa shape index (κ1) is 14.7. The molecule has 0 aliphatic rings. The van der Waals surface area contributed by atoms with Crippen molar-refractivity contribution in [1.82, 2.24) is 0 Å². The zero-order valence-electron chi connectivity index (χ0n) is 12.1. The van der Waals surface area contributed by atoms with Crippen molar-refractivity contribution >= 4 is 38.5 Å². The maximum atomic E-state index is 12.3. The van der Waals surface area contributed by atoms with Crippen LogP contribution < -0.4 is 10.1 Å². The van der Waals surface area contributed by atoms with Crippen molar-refractivity contribution in [2.24, 2.45) is 0 Å². The summed E-state index contributed by atoms with van der Waals surface area (Å²) in [5.74, 6) is 0.713. The van der Waals surface area contributed by atoms with E-state index in [-0.39, 0.29) is 11.7 Å². The summed E-state index contributed by atoms with van der Waals surface area (Å²) in [5.41, 5.74) is 2.42. The second-order valence-corrected chi connectivity index (χ2v) is 5.79. The van der Waals surface area contributed by atoms with Crippen LogP contribution >= 0.6 is 15.9 Å². The Labute approximate surface area is 136 Å². The molecule has 3 rings (SSSR count). The lowest BCUT2D eigenvalue weighted by Gasteiger charge is -2.05. The van der Waals surface area contributed by atoms with Gasteiger partial charge in [-0.15, -0.1) is 0 Å². The van der Waals surface area contributed by atoms with Crippen LogP contribution in [0.25, 0.3) is 11.0 Å². The summed E-state index contributed by atoms with van der Waals surface area (Å²) in [4.78, 5) is 12.3. The average Bonchev–Trinajstić information content (AvgIpc) is 2.94. The summed E-state index contributed by atoms with van der Waals surface area (Å²) in [6, 6.07) is 12.8. The van der Waals surface area contributed by atoms with Gasteiger partial charge < -0.3 is 14.5 Å². The molecule has 1 amide bonds. The molecule has 0 bridgehead atoms. The third-order valence-corrected chi connectivity index (χ3v) is 4.25. The lowest BCUT2D eigenvalue weighted by atomic mass is 10.2. The van der Waals surface area contributed by atoms with Gasteiger partial charge in [0.15, 0.2) is 5.76 Å². The number of furan rings is 1. The van der Waals surface area contributed by atoms with Gasteiger partial charge in [0, 0.05) is 15.5 Å².